The van der Waals surface area contributed by atoms with Crippen molar-refractivity contribution in [3.05, 3.63) is 28.2 Å². The number of ether oxygens (including phenoxy) is 1. The Balaban J connectivity index is 2.35. The normalized spacial score (nSPS) is 20.4. The molecule has 0 radical (unpaired) electrons. The number of aliphatic hydroxyl groups is 1. The Kier molecular flexibility index (Phi) is 4.30. The van der Waals surface area contributed by atoms with Gasteiger partial charge in [-0.1, -0.05) is 15.9 Å². The Hall–Kier alpha value is -0.580. The molecule has 0 aliphatic carbocycles. The van der Waals surface area contributed by atoms with Crippen LogP contribution >= 0.6 is 15.9 Å². The summed E-state index contributed by atoms with van der Waals surface area (Å²) in [6.07, 6.45) is 1.98. The summed E-state index contributed by atoms with van der Waals surface area (Å²) in [6, 6.07) is 5.79. The van der Waals surface area contributed by atoms with E-state index in [9.17, 15) is 5.11 Å². The molecule has 0 saturated carbocycles. The Labute approximate surface area is 117 Å². The first kappa shape index (κ1) is 13.8. The van der Waals surface area contributed by atoms with Gasteiger partial charge in [0.05, 0.1) is 12.7 Å². The van der Waals surface area contributed by atoms with E-state index in [1.807, 2.05) is 25.1 Å². The van der Waals surface area contributed by atoms with Crippen molar-refractivity contribution >= 4 is 15.9 Å². The highest BCUT2D eigenvalue weighted by atomic mass is 79.9. The maximum atomic E-state index is 10.9. The molecule has 100 valence electrons. The Morgan fingerprint density at radius 1 is 1.39 bits per heavy atom. The van der Waals surface area contributed by atoms with Gasteiger partial charge in [0.15, 0.2) is 0 Å². The van der Waals surface area contributed by atoms with Crippen LogP contribution in [0.1, 0.15) is 25.3 Å². The molecule has 1 aromatic carbocycles. The minimum atomic E-state index is -0.850. The smallest absolute Gasteiger partial charge is 0.125 e. The maximum Gasteiger partial charge on any atom is 0.125 e. The summed E-state index contributed by atoms with van der Waals surface area (Å²) >= 11 is 3.46. The summed E-state index contributed by atoms with van der Waals surface area (Å²) in [6.45, 7) is 3.83. The van der Waals surface area contributed by atoms with Crippen LogP contribution in [0.5, 0.6) is 5.75 Å². The predicted molar refractivity (Wildman–Crippen MR) is 75.9 cm³/mol. The van der Waals surface area contributed by atoms with Crippen molar-refractivity contribution in [3.8, 4) is 5.75 Å². The second-order valence-electron chi connectivity index (χ2n) is 5.02. The molecule has 1 saturated heterocycles. The lowest BCUT2D eigenvalue weighted by atomic mass is 9.77. The van der Waals surface area contributed by atoms with Crippen LogP contribution in [0.25, 0.3) is 0 Å². The number of piperidine rings is 1. The third-order valence-electron chi connectivity index (χ3n) is 3.84. The summed E-state index contributed by atoms with van der Waals surface area (Å²) in [5.74, 6) is 1.02. The molecular formula is C14H20BrNO2. The first-order valence-corrected chi connectivity index (χ1v) is 7.12. The van der Waals surface area contributed by atoms with E-state index in [1.54, 1.807) is 7.11 Å². The van der Waals surface area contributed by atoms with Gasteiger partial charge in [-0.2, -0.15) is 0 Å². The molecule has 1 fully saturated rings. The van der Waals surface area contributed by atoms with Crippen molar-refractivity contribution in [2.45, 2.75) is 25.4 Å². The fourth-order valence-corrected chi connectivity index (χ4v) is 3.04. The number of methoxy groups -OCH3 is 1. The molecule has 2 rings (SSSR count). The van der Waals surface area contributed by atoms with E-state index in [-0.39, 0.29) is 5.92 Å². The van der Waals surface area contributed by atoms with Crippen LogP contribution < -0.4 is 10.1 Å². The number of nitrogens with one attached hydrogen (secondary N) is 1. The second-order valence-corrected chi connectivity index (χ2v) is 5.93. The monoisotopic (exact) mass is 313 g/mol. The molecule has 1 atom stereocenters. The van der Waals surface area contributed by atoms with Crippen LogP contribution in [0.15, 0.2) is 22.7 Å². The molecule has 1 aliphatic heterocycles. The van der Waals surface area contributed by atoms with E-state index in [2.05, 4.69) is 21.2 Å². The summed E-state index contributed by atoms with van der Waals surface area (Å²) in [7, 11) is 1.64. The molecule has 0 aromatic heterocycles. The van der Waals surface area contributed by atoms with Gasteiger partial charge in [-0.25, -0.2) is 0 Å². The Morgan fingerprint density at radius 2 is 2.06 bits per heavy atom. The molecule has 0 spiro atoms. The molecule has 1 aromatic rings. The average Bonchev–Trinajstić information content (AvgIpc) is 2.39. The quantitative estimate of drug-likeness (QED) is 0.901. The predicted octanol–water partition coefficient (Wildman–Crippen LogP) is 2.66. The standard InChI is InChI=1S/C14H20BrNO2/c1-14(17,10-5-7-16-8-6-10)12-9-11(15)3-4-13(12)18-2/h3-4,9-10,16-17H,5-8H2,1-2H3. The molecule has 4 heteroatoms. The van der Waals surface area contributed by atoms with Crippen LogP contribution in [0.4, 0.5) is 0 Å². The highest BCUT2D eigenvalue weighted by Gasteiger charge is 2.36. The van der Waals surface area contributed by atoms with Crippen molar-refractivity contribution < 1.29 is 9.84 Å². The van der Waals surface area contributed by atoms with Crippen molar-refractivity contribution in [1.82, 2.24) is 5.32 Å². The van der Waals surface area contributed by atoms with Gasteiger partial charge in [0.25, 0.3) is 0 Å². The Morgan fingerprint density at radius 3 is 2.67 bits per heavy atom. The van der Waals surface area contributed by atoms with Crippen molar-refractivity contribution in [3.63, 3.8) is 0 Å². The maximum absolute atomic E-state index is 10.9. The molecule has 3 nitrogen and oxygen atoms in total. The minimum absolute atomic E-state index is 0.266. The topological polar surface area (TPSA) is 41.5 Å². The second kappa shape index (κ2) is 5.59. The fourth-order valence-electron chi connectivity index (χ4n) is 2.68. The van der Waals surface area contributed by atoms with E-state index in [0.717, 1.165) is 41.7 Å². The average molecular weight is 314 g/mol. The number of hydrogen-bond donors (Lipinski definition) is 2. The number of rotatable bonds is 3. The fraction of sp³-hybridized carbons (Fsp3) is 0.571. The lowest BCUT2D eigenvalue weighted by Gasteiger charge is -2.37. The van der Waals surface area contributed by atoms with Crippen LogP contribution in [0, 0.1) is 5.92 Å². The van der Waals surface area contributed by atoms with Crippen LogP contribution in [-0.4, -0.2) is 25.3 Å². The van der Waals surface area contributed by atoms with Gasteiger partial charge in [-0.15, -0.1) is 0 Å². The summed E-state index contributed by atoms with van der Waals surface area (Å²) < 4.78 is 6.35. The number of benzene rings is 1. The summed E-state index contributed by atoms with van der Waals surface area (Å²) in [5, 5.41) is 14.2. The van der Waals surface area contributed by atoms with Gasteiger partial charge in [-0.3, -0.25) is 0 Å². The molecular weight excluding hydrogens is 294 g/mol. The first-order chi connectivity index (χ1) is 8.55. The van der Waals surface area contributed by atoms with Crippen molar-refractivity contribution in [2.24, 2.45) is 5.92 Å². The molecule has 1 aliphatic rings. The van der Waals surface area contributed by atoms with E-state index in [0.29, 0.717) is 0 Å². The molecule has 0 bridgehead atoms. The van der Waals surface area contributed by atoms with E-state index < -0.39 is 5.60 Å². The zero-order valence-electron chi connectivity index (χ0n) is 10.9. The zero-order chi connectivity index (χ0) is 13.2. The van der Waals surface area contributed by atoms with Gasteiger partial charge in [0.1, 0.15) is 5.75 Å². The highest BCUT2D eigenvalue weighted by molar-refractivity contribution is 9.10. The molecule has 0 amide bonds. The van der Waals surface area contributed by atoms with Crippen LogP contribution in [0.2, 0.25) is 0 Å². The van der Waals surface area contributed by atoms with Gasteiger partial charge in [0.2, 0.25) is 0 Å². The molecule has 1 heterocycles. The lowest BCUT2D eigenvalue weighted by Crippen LogP contribution is -2.40. The third kappa shape index (κ3) is 2.71. The first-order valence-electron chi connectivity index (χ1n) is 6.33. The SMILES string of the molecule is COc1ccc(Br)cc1C(C)(O)C1CCNCC1. The lowest BCUT2D eigenvalue weighted by molar-refractivity contribution is -0.0204. The summed E-state index contributed by atoms with van der Waals surface area (Å²) in [4.78, 5) is 0. The van der Waals surface area contributed by atoms with Crippen molar-refractivity contribution in [1.29, 1.82) is 0 Å². The van der Waals surface area contributed by atoms with Gasteiger partial charge in [0, 0.05) is 10.0 Å². The molecule has 18 heavy (non-hydrogen) atoms. The summed E-state index contributed by atoms with van der Waals surface area (Å²) in [5.41, 5.74) is 0.0169. The minimum Gasteiger partial charge on any atom is -0.496 e. The zero-order valence-corrected chi connectivity index (χ0v) is 12.5. The van der Waals surface area contributed by atoms with Crippen LogP contribution in [-0.2, 0) is 5.60 Å². The number of hydrogen-bond acceptors (Lipinski definition) is 3. The van der Waals surface area contributed by atoms with Crippen LogP contribution in [0.3, 0.4) is 0 Å². The highest BCUT2D eigenvalue weighted by Crippen LogP contribution is 2.40. The number of halogens is 1. The molecule has 2 N–H and O–H groups in total. The Bertz CT molecular complexity index is 414. The molecule has 1 unspecified atom stereocenters. The van der Waals surface area contributed by atoms with Crippen molar-refractivity contribution in [2.75, 3.05) is 20.2 Å². The third-order valence-corrected chi connectivity index (χ3v) is 4.33. The van der Waals surface area contributed by atoms with E-state index in [4.69, 9.17) is 4.74 Å². The van der Waals surface area contributed by atoms with Gasteiger partial charge < -0.3 is 15.2 Å². The van der Waals surface area contributed by atoms with E-state index >= 15 is 0 Å². The largest absolute Gasteiger partial charge is 0.496 e. The van der Waals surface area contributed by atoms with Gasteiger partial charge >= 0.3 is 0 Å². The van der Waals surface area contributed by atoms with E-state index in [1.165, 1.54) is 0 Å². The van der Waals surface area contributed by atoms with Gasteiger partial charge in [-0.05, 0) is 57.0 Å².